The number of hydrogen-bond donors (Lipinski definition) is 0. The molecule has 0 fully saturated rings. The third kappa shape index (κ3) is 3.77. The molecule has 1 amide bonds. The molecule has 0 saturated carbocycles. The van der Waals surface area contributed by atoms with Crippen LogP contribution in [0.25, 0.3) is 10.2 Å². The molecule has 1 aromatic heterocycles. The Morgan fingerprint density at radius 1 is 1.25 bits per heavy atom. The fourth-order valence-corrected chi connectivity index (χ4v) is 5.26. The number of carbonyl (C=O) groups excluding carboxylic acids is 2. The molecule has 28 heavy (non-hydrogen) atoms. The van der Waals surface area contributed by atoms with E-state index >= 15 is 0 Å². The van der Waals surface area contributed by atoms with Crippen molar-refractivity contribution in [3.05, 3.63) is 54.1 Å². The van der Waals surface area contributed by atoms with Crippen LogP contribution in [0.5, 0.6) is 0 Å². The Hall–Kier alpha value is -2.38. The zero-order valence-electron chi connectivity index (χ0n) is 15.6. The van der Waals surface area contributed by atoms with E-state index in [1.807, 2.05) is 55.5 Å². The van der Waals surface area contributed by atoms with E-state index in [1.54, 1.807) is 23.2 Å². The maximum Gasteiger partial charge on any atom is 0.317 e. The SMILES string of the molecule is C[C@@H](OC(=O)CSc1nc2ccccc2s1)C(=O)N1c2ccccc2C[C@@H]1C. The van der Waals surface area contributed by atoms with Gasteiger partial charge in [0, 0.05) is 11.7 Å². The Morgan fingerprint density at radius 2 is 2.00 bits per heavy atom. The lowest BCUT2D eigenvalue weighted by molar-refractivity contribution is -0.151. The molecule has 2 heterocycles. The number of fused-ring (bicyclic) bond motifs is 2. The van der Waals surface area contributed by atoms with Crippen LogP contribution in [-0.2, 0) is 20.7 Å². The predicted molar refractivity (Wildman–Crippen MR) is 113 cm³/mol. The molecule has 0 saturated heterocycles. The van der Waals surface area contributed by atoms with Gasteiger partial charge in [0.25, 0.3) is 5.91 Å². The number of amides is 1. The number of anilines is 1. The van der Waals surface area contributed by atoms with E-state index in [1.165, 1.54) is 11.8 Å². The van der Waals surface area contributed by atoms with Gasteiger partial charge in [0.05, 0.1) is 16.0 Å². The fraction of sp³-hybridized carbons (Fsp3) is 0.286. The summed E-state index contributed by atoms with van der Waals surface area (Å²) in [5.74, 6) is -0.468. The van der Waals surface area contributed by atoms with Gasteiger partial charge in [-0.3, -0.25) is 9.59 Å². The summed E-state index contributed by atoms with van der Waals surface area (Å²) in [6, 6.07) is 15.8. The van der Waals surface area contributed by atoms with Crippen molar-refractivity contribution in [2.24, 2.45) is 0 Å². The fourth-order valence-electron chi connectivity index (χ4n) is 3.41. The summed E-state index contributed by atoms with van der Waals surface area (Å²) in [6.07, 6.45) is -0.00664. The Bertz CT molecular complexity index is 1000. The number of para-hydroxylation sites is 2. The summed E-state index contributed by atoms with van der Waals surface area (Å²) in [5, 5.41) is 0. The average Bonchev–Trinajstić information content (AvgIpc) is 3.25. The molecule has 7 heteroatoms. The van der Waals surface area contributed by atoms with E-state index < -0.39 is 12.1 Å². The third-order valence-electron chi connectivity index (χ3n) is 4.69. The lowest BCUT2D eigenvalue weighted by atomic mass is 10.1. The van der Waals surface area contributed by atoms with Crippen molar-refractivity contribution in [1.29, 1.82) is 0 Å². The quantitative estimate of drug-likeness (QED) is 0.462. The summed E-state index contributed by atoms with van der Waals surface area (Å²) in [5.41, 5.74) is 2.98. The lowest BCUT2D eigenvalue weighted by Gasteiger charge is -2.25. The topological polar surface area (TPSA) is 59.5 Å². The van der Waals surface area contributed by atoms with Gasteiger partial charge in [-0.05, 0) is 44.0 Å². The van der Waals surface area contributed by atoms with Crippen LogP contribution in [0.4, 0.5) is 5.69 Å². The van der Waals surface area contributed by atoms with Crippen molar-refractivity contribution in [1.82, 2.24) is 4.98 Å². The van der Waals surface area contributed by atoms with Crippen LogP contribution in [0.2, 0.25) is 0 Å². The Kier molecular flexibility index (Phi) is 5.37. The third-order valence-corrected chi connectivity index (χ3v) is 6.84. The van der Waals surface area contributed by atoms with E-state index in [0.717, 1.165) is 32.2 Å². The highest BCUT2D eigenvalue weighted by molar-refractivity contribution is 8.01. The highest BCUT2D eigenvalue weighted by Gasteiger charge is 2.34. The van der Waals surface area contributed by atoms with E-state index in [-0.39, 0.29) is 17.7 Å². The van der Waals surface area contributed by atoms with Crippen LogP contribution in [0.15, 0.2) is 52.9 Å². The minimum absolute atomic E-state index is 0.0585. The first-order chi connectivity index (χ1) is 13.5. The van der Waals surface area contributed by atoms with Gasteiger partial charge in [-0.2, -0.15) is 0 Å². The largest absolute Gasteiger partial charge is 0.452 e. The predicted octanol–water partition coefficient (Wildman–Crippen LogP) is 4.30. The van der Waals surface area contributed by atoms with Gasteiger partial charge in [-0.15, -0.1) is 11.3 Å². The number of aromatic nitrogens is 1. The molecule has 4 rings (SSSR count). The van der Waals surface area contributed by atoms with Crippen LogP contribution < -0.4 is 4.90 Å². The smallest absolute Gasteiger partial charge is 0.317 e. The first-order valence-electron chi connectivity index (χ1n) is 9.12. The summed E-state index contributed by atoms with van der Waals surface area (Å²) < 4.78 is 7.31. The molecule has 2 aromatic carbocycles. The van der Waals surface area contributed by atoms with Crippen LogP contribution >= 0.6 is 23.1 Å². The molecule has 1 aliphatic heterocycles. The average molecular weight is 413 g/mol. The second-order valence-electron chi connectivity index (χ2n) is 6.76. The summed E-state index contributed by atoms with van der Waals surface area (Å²) in [7, 11) is 0. The molecule has 144 valence electrons. The monoisotopic (exact) mass is 412 g/mol. The normalized spacial score (nSPS) is 16.8. The van der Waals surface area contributed by atoms with Crippen molar-refractivity contribution in [2.75, 3.05) is 10.7 Å². The van der Waals surface area contributed by atoms with Crippen molar-refractivity contribution in [3.8, 4) is 0 Å². The molecule has 0 radical (unpaired) electrons. The van der Waals surface area contributed by atoms with Gasteiger partial charge < -0.3 is 9.64 Å². The Balaban J connectivity index is 1.36. The second kappa shape index (κ2) is 7.93. The summed E-state index contributed by atoms with van der Waals surface area (Å²) >= 11 is 2.88. The number of thioether (sulfide) groups is 1. The number of hydrogen-bond acceptors (Lipinski definition) is 6. The highest BCUT2D eigenvalue weighted by Crippen LogP contribution is 2.33. The van der Waals surface area contributed by atoms with Gasteiger partial charge in [0.2, 0.25) is 0 Å². The van der Waals surface area contributed by atoms with Gasteiger partial charge in [0.1, 0.15) is 0 Å². The Labute approximate surface area is 171 Å². The molecule has 2 atom stereocenters. The molecule has 1 aliphatic rings. The van der Waals surface area contributed by atoms with Gasteiger partial charge >= 0.3 is 5.97 Å². The number of benzene rings is 2. The molecule has 0 N–H and O–H groups in total. The van der Waals surface area contributed by atoms with Crippen LogP contribution in [-0.4, -0.2) is 34.8 Å². The number of nitrogens with zero attached hydrogens (tertiary/aromatic N) is 2. The maximum absolute atomic E-state index is 12.9. The number of carbonyl (C=O) groups is 2. The highest BCUT2D eigenvalue weighted by atomic mass is 32.2. The molecular formula is C21H20N2O3S2. The van der Waals surface area contributed by atoms with Crippen LogP contribution in [0, 0.1) is 0 Å². The van der Waals surface area contributed by atoms with Gasteiger partial charge in [0.15, 0.2) is 10.4 Å². The molecule has 3 aromatic rings. The zero-order valence-corrected chi connectivity index (χ0v) is 17.3. The molecule has 0 bridgehead atoms. The Morgan fingerprint density at radius 3 is 2.82 bits per heavy atom. The number of thiazole rings is 1. The van der Waals surface area contributed by atoms with Crippen LogP contribution in [0.1, 0.15) is 19.4 Å². The van der Waals surface area contributed by atoms with Gasteiger partial charge in [-0.25, -0.2) is 4.98 Å². The molecule has 0 unspecified atom stereocenters. The molecule has 0 spiro atoms. The minimum atomic E-state index is -0.822. The molecular weight excluding hydrogens is 392 g/mol. The van der Waals surface area contributed by atoms with Crippen molar-refractivity contribution in [2.45, 2.75) is 36.8 Å². The number of ether oxygens (including phenoxy) is 1. The lowest BCUT2D eigenvalue weighted by Crippen LogP contribution is -2.43. The number of esters is 1. The second-order valence-corrected chi connectivity index (χ2v) is 9.01. The zero-order chi connectivity index (χ0) is 19.7. The van der Waals surface area contributed by atoms with Gasteiger partial charge in [-0.1, -0.05) is 42.1 Å². The van der Waals surface area contributed by atoms with Crippen LogP contribution in [0.3, 0.4) is 0 Å². The molecule has 5 nitrogen and oxygen atoms in total. The van der Waals surface area contributed by atoms with E-state index in [0.29, 0.717) is 0 Å². The van der Waals surface area contributed by atoms with Crippen molar-refractivity contribution in [3.63, 3.8) is 0 Å². The maximum atomic E-state index is 12.9. The summed E-state index contributed by atoms with van der Waals surface area (Å²) in [4.78, 5) is 31.4. The first-order valence-corrected chi connectivity index (χ1v) is 10.9. The van der Waals surface area contributed by atoms with E-state index in [9.17, 15) is 9.59 Å². The summed E-state index contributed by atoms with van der Waals surface area (Å²) in [6.45, 7) is 3.64. The van der Waals surface area contributed by atoms with E-state index in [4.69, 9.17) is 4.74 Å². The first kappa shape index (κ1) is 19.0. The standard InChI is InChI=1S/C21H20N2O3S2/c1-13-11-15-7-3-5-9-17(15)23(13)20(25)14(2)26-19(24)12-27-21-22-16-8-4-6-10-18(16)28-21/h3-10,13-14H,11-12H2,1-2H3/t13-,14+/m0/s1. The molecule has 0 aliphatic carbocycles. The van der Waals surface area contributed by atoms with E-state index in [2.05, 4.69) is 4.98 Å². The number of rotatable bonds is 5. The minimum Gasteiger partial charge on any atom is -0.452 e. The van der Waals surface area contributed by atoms with Crippen molar-refractivity contribution < 1.29 is 14.3 Å². The van der Waals surface area contributed by atoms with Crippen molar-refractivity contribution >= 4 is 50.9 Å².